The molecule has 0 aliphatic heterocycles. The third kappa shape index (κ3) is 4.93. The number of aryl methyl sites for hydroxylation is 1. The molecule has 3 N–H and O–H groups in total. The van der Waals surface area contributed by atoms with Gasteiger partial charge >= 0.3 is 11.7 Å². The highest BCUT2D eigenvalue weighted by molar-refractivity contribution is 5.99. The van der Waals surface area contributed by atoms with Crippen LogP contribution in [-0.2, 0) is 11.8 Å². The Kier molecular flexibility index (Phi) is 6.11. The number of fused-ring (bicyclic) bond motifs is 1. The SMILES string of the molecule is Cc1c(Cc2ccc(NC(=O)Nc3ccccc3)nc2)c(=O)oc2cc(O)c(C(C)(C)C)cc12. The van der Waals surface area contributed by atoms with Crippen LogP contribution in [0.4, 0.5) is 16.3 Å². The van der Waals surface area contributed by atoms with E-state index in [4.69, 9.17) is 4.42 Å². The van der Waals surface area contributed by atoms with Crippen molar-refractivity contribution < 1.29 is 14.3 Å². The number of urea groups is 1. The second-order valence-corrected chi connectivity index (χ2v) is 9.28. The molecule has 2 aromatic heterocycles. The summed E-state index contributed by atoms with van der Waals surface area (Å²) in [4.78, 5) is 29.2. The fourth-order valence-corrected chi connectivity index (χ4v) is 3.84. The number of nitrogens with zero attached hydrogens (tertiary/aromatic N) is 1. The summed E-state index contributed by atoms with van der Waals surface area (Å²) in [5.41, 5.74) is 3.26. The van der Waals surface area contributed by atoms with E-state index < -0.39 is 11.7 Å². The highest BCUT2D eigenvalue weighted by atomic mass is 16.4. The van der Waals surface area contributed by atoms with E-state index in [2.05, 4.69) is 15.6 Å². The molecule has 7 nitrogen and oxygen atoms in total. The number of carbonyl (C=O) groups excluding carboxylic acids is 1. The molecule has 0 bridgehead atoms. The second kappa shape index (κ2) is 9.02. The van der Waals surface area contributed by atoms with Gasteiger partial charge in [0.1, 0.15) is 17.2 Å². The van der Waals surface area contributed by atoms with E-state index in [1.165, 1.54) is 6.07 Å². The summed E-state index contributed by atoms with van der Waals surface area (Å²) in [5, 5.41) is 16.6. The maximum absolute atomic E-state index is 12.7. The lowest BCUT2D eigenvalue weighted by Gasteiger charge is -2.21. The van der Waals surface area contributed by atoms with E-state index in [0.717, 1.165) is 22.1 Å². The number of phenols is 1. The van der Waals surface area contributed by atoms with Crippen LogP contribution >= 0.6 is 0 Å². The Morgan fingerprint density at radius 3 is 2.44 bits per heavy atom. The summed E-state index contributed by atoms with van der Waals surface area (Å²) < 4.78 is 5.53. The lowest BCUT2D eigenvalue weighted by molar-refractivity contribution is 0.262. The summed E-state index contributed by atoms with van der Waals surface area (Å²) in [7, 11) is 0. The number of pyridine rings is 1. The van der Waals surface area contributed by atoms with Crippen molar-refractivity contribution in [2.24, 2.45) is 0 Å². The standard InChI is InChI=1S/C27H27N3O4/c1-16-19-13-21(27(2,3)4)22(31)14-23(19)34-25(32)20(16)12-17-10-11-24(28-15-17)30-26(33)29-18-8-6-5-7-9-18/h5-11,13-15,31H,12H2,1-4H3,(H2,28,29,30,33). The molecule has 0 aliphatic carbocycles. The number of aromatic hydroxyl groups is 1. The van der Waals surface area contributed by atoms with Gasteiger partial charge in [0.15, 0.2) is 0 Å². The van der Waals surface area contributed by atoms with Crippen molar-refractivity contribution in [3.05, 3.63) is 93.5 Å². The van der Waals surface area contributed by atoms with Gasteiger partial charge in [-0.25, -0.2) is 14.6 Å². The number of amides is 2. The number of nitrogens with one attached hydrogen (secondary N) is 2. The van der Waals surface area contributed by atoms with Crippen LogP contribution in [0.1, 0.15) is 43.0 Å². The zero-order chi connectivity index (χ0) is 24.5. The Morgan fingerprint density at radius 2 is 1.79 bits per heavy atom. The summed E-state index contributed by atoms with van der Waals surface area (Å²) >= 11 is 0. The van der Waals surface area contributed by atoms with E-state index in [9.17, 15) is 14.7 Å². The van der Waals surface area contributed by atoms with Crippen LogP contribution in [0.3, 0.4) is 0 Å². The van der Waals surface area contributed by atoms with Crippen LogP contribution in [0.15, 0.2) is 70.0 Å². The molecule has 7 heteroatoms. The third-order valence-corrected chi connectivity index (χ3v) is 5.69. The van der Waals surface area contributed by atoms with Crippen molar-refractivity contribution in [1.82, 2.24) is 4.98 Å². The monoisotopic (exact) mass is 457 g/mol. The second-order valence-electron chi connectivity index (χ2n) is 9.28. The molecule has 174 valence electrons. The van der Waals surface area contributed by atoms with Crippen molar-refractivity contribution in [3.63, 3.8) is 0 Å². The van der Waals surface area contributed by atoms with Gasteiger partial charge in [0.2, 0.25) is 0 Å². The average molecular weight is 458 g/mol. The summed E-state index contributed by atoms with van der Waals surface area (Å²) in [6.45, 7) is 7.94. The molecule has 2 amide bonds. The minimum Gasteiger partial charge on any atom is -0.508 e. The number of carbonyl (C=O) groups is 1. The van der Waals surface area contributed by atoms with Crippen molar-refractivity contribution >= 4 is 28.5 Å². The number of rotatable bonds is 4. The van der Waals surface area contributed by atoms with E-state index in [-0.39, 0.29) is 11.2 Å². The molecular weight excluding hydrogens is 430 g/mol. The Morgan fingerprint density at radius 1 is 1.06 bits per heavy atom. The number of hydrogen-bond acceptors (Lipinski definition) is 5. The number of anilines is 2. The maximum atomic E-state index is 12.7. The van der Waals surface area contributed by atoms with Gasteiger partial charge in [-0.05, 0) is 47.7 Å². The molecular formula is C27H27N3O4. The summed E-state index contributed by atoms with van der Waals surface area (Å²) in [6, 6.07) is 15.6. The van der Waals surface area contributed by atoms with Crippen molar-refractivity contribution in [2.75, 3.05) is 10.6 Å². The average Bonchev–Trinajstić information content (AvgIpc) is 2.77. The molecule has 0 spiro atoms. The van der Waals surface area contributed by atoms with Gasteiger partial charge in [0.25, 0.3) is 0 Å². The van der Waals surface area contributed by atoms with Crippen LogP contribution in [-0.4, -0.2) is 16.1 Å². The maximum Gasteiger partial charge on any atom is 0.340 e. The predicted molar refractivity (Wildman–Crippen MR) is 134 cm³/mol. The molecule has 0 atom stereocenters. The number of aromatic nitrogens is 1. The smallest absolute Gasteiger partial charge is 0.340 e. The van der Waals surface area contributed by atoms with Gasteiger partial charge < -0.3 is 14.8 Å². The van der Waals surface area contributed by atoms with Crippen LogP contribution in [0.25, 0.3) is 11.0 Å². The zero-order valence-electron chi connectivity index (χ0n) is 19.6. The molecule has 4 aromatic rings. The fourth-order valence-electron chi connectivity index (χ4n) is 3.84. The Balaban J connectivity index is 1.55. The van der Waals surface area contributed by atoms with Crippen LogP contribution in [0.2, 0.25) is 0 Å². The third-order valence-electron chi connectivity index (χ3n) is 5.69. The Bertz CT molecular complexity index is 1400. The van der Waals surface area contributed by atoms with Crippen molar-refractivity contribution in [2.45, 2.75) is 39.5 Å². The number of para-hydroxylation sites is 1. The first-order valence-electron chi connectivity index (χ1n) is 11.0. The van der Waals surface area contributed by atoms with E-state index in [1.807, 2.05) is 58.0 Å². The first-order chi connectivity index (χ1) is 16.1. The topological polar surface area (TPSA) is 104 Å². The molecule has 2 heterocycles. The van der Waals surface area contributed by atoms with Gasteiger partial charge in [0, 0.05) is 40.9 Å². The molecule has 0 saturated heterocycles. The fraction of sp³-hybridized carbons (Fsp3) is 0.222. The first kappa shape index (κ1) is 23.0. The molecule has 4 rings (SSSR count). The Hall–Kier alpha value is -4.13. The van der Waals surface area contributed by atoms with E-state index >= 15 is 0 Å². The van der Waals surface area contributed by atoms with Gasteiger partial charge in [0.05, 0.1) is 0 Å². The zero-order valence-corrected chi connectivity index (χ0v) is 19.6. The normalized spacial score (nSPS) is 11.4. The lowest BCUT2D eigenvalue weighted by atomic mass is 9.85. The van der Waals surface area contributed by atoms with Crippen LogP contribution in [0, 0.1) is 6.92 Å². The van der Waals surface area contributed by atoms with E-state index in [0.29, 0.717) is 29.1 Å². The van der Waals surface area contributed by atoms with E-state index in [1.54, 1.807) is 24.4 Å². The van der Waals surface area contributed by atoms with Crippen LogP contribution < -0.4 is 16.3 Å². The van der Waals surface area contributed by atoms with Crippen molar-refractivity contribution in [3.8, 4) is 5.75 Å². The number of hydrogen-bond donors (Lipinski definition) is 3. The quantitative estimate of drug-likeness (QED) is 0.339. The molecule has 2 aromatic carbocycles. The molecule has 0 radical (unpaired) electrons. The summed E-state index contributed by atoms with van der Waals surface area (Å²) in [6.07, 6.45) is 1.96. The highest BCUT2D eigenvalue weighted by Crippen LogP contribution is 2.35. The molecule has 0 aliphatic rings. The minimum atomic E-state index is -0.447. The van der Waals surface area contributed by atoms with Gasteiger partial charge in [-0.15, -0.1) is 0 Å². The first-order valence-corrected chi connectivity index (χ1v) is 11.0. The molecule has 0 unspecified atom stereocenters. The predicted octanol–water partition coefficient (Wildman–Crippen LogP) is 5.73. The number of phenolic OH excluding ortho intramolecular Hbond substituents is 1. The minimum absolute atomic E-state index is 0.110. The lowest BCUT2D eigenvalue weighted by Crippen LogP contribution is -2.20. The summed E-state index contributed by atoms with van der Waals surface area (Å²) in [5.74, 6) is 0.503. The van der Waals surface area contributed by atoms with Gasteiger partial charge in [-0.3, -0.25) is 5.32 Å². The van der Waals surface area contributed by atoms with Crippen molar-refractivity contribution in [1.29, 1.82) is 0 Å². The van der Waals surface area contributed by atoms with Gasteiger partial charge in [-0.2, -0.15) is 0 Å². The largest absolute Gasteiger partial charge is 0.508 e. The Labute approximate surface area is 197 Å². The highest BCUT2D eigenvalue weighted by Gasteiger charge is 2.21. The number of benzene rings is 2. The van der Waals surface area contributed by atoms with Gasteiger partial charge in [-0.1, -0.05) is 45.0 Å². The van der Waals surface area contributed by atoms with Crippen LogP contribution in [0.5, 0.6) is 5.75 Å². The molecule has 0 fully saturated rings. The molecule has 34 heavy (non-hydrogen) atoms. The molecule has 0 saturated carbocycles.